The summed E-state index contributed by atoms with van der Waals surface area (Å²) in [4.78, 5) is 12.0. The molecule has 0 aliphatic rings. The van der Waals surface area contributed by atoms with Gasteiger partial charge < -0.3 is 5.32 Å². The Labute approximate surface area is 102 Å². The van der Waals surface area contributed by atoms with Gasteiger partial charge in [-0.3, -0.25) is 4.79 Å². The van der Waals surface area contributed by atoms with E-state index in [0.29, 0.717) is 5.88 Å². The average molecular weight is 240 g/mol. The summed E-state index contributed by atoms with van der Waals surface area (Å²) >= 11 is 5.68. The predicted octanol–water partition coefficient (Wildman–Crippen LogP) is 2.92. The fraction of sp³-hybridized carbons (Fsp3) is 0.462. The van der Waals surface area contributed by atoms with Gasteiger partial charge in [-0.25, -0.2) is 0 Å². The fourth-order valence-electron chi connectivity index (χ4n) is 1.64. The van der Waals surface area contributed by atoms with Crippen LogP contribution in [0.4, 0.5) is 0 Å². The molecule has 2 atom stereocenters. The second-order valence-electron chi connectivity index (χ2n) is 3.94. The minimum Gasteiger partial charge on any atom is -0.352 e. The van der Waals surface area contributed by atoms with Crippen LogP contribution in [0.15, 0.2) is 30.3 Å². The van der Waals surface area contributed by atoms with E-state index >= 15 is 0 Å². The molecule has 0 radical (unpaired) electrons. The summed E-state index contributed by atoms with van der Waals surface area (Å²) in [6.07, 6.45) is 0.796. The summed E-state index contributed by atoms with van der Waals surface area (Å²) in [6, 6.07) is 9.85. The number of hydrogen-bond donors (Lipinski definition) is 1. The van der Waals surface area contributed by atoms with Crippen LogP contribution in [0, 0.1) is 0 Å². The lowest BCUT2D eigenvalue weighted by atomic mass is 9.95. The topological polar surface area (TPSA) is 29.1 Å². The van der Waals surface area contributed by atoms with Crippen LogP contribution in [0.25, 0.3) is 0 Å². The maximum absolute atomic E-state index is 12.0. The Bertz CT molecular complexity index is 326. The number of alkyl halides is 1. The lowest BCUT2D eigenvalue weighted by Gasteiger charge is -2.18. The first-order valence-electron chi connectivity index (χ1n) is 5.60. The van der Waals surface area contributed by atoms with E-state index in [9.17, 15) is 4.79 Å². The highest BCUT2D eigenvalue weighted by Crippen LogP contribution is 2.19. The fourth-order valence-corrected chi connectivity index (χ4v) is 1.72. The molecular formula is C13H18ClNO. The van der Waals surface area contributed by atoms with Crippen molar-refractivity contribution >= 4 is 17.5 Å². The minimum atomic E-state index is -0.0770. The molecule has 0 spiro atoms. The highest BCUT2D eigenvalue weighted by molar-refractivity contribution is 6.18. The van der Waals surface area contributed by atoms with E-state index < -0.39 is 0 Å². The number of benzene rings is 1. The summed E-state index contributed by atoms with van der Waals surface area (Å²) in [5, 5.41) is 2.91. The first-order chi connectivity index (χ1) is 7.69. The van der Waals surface area contributed by atoms with Gasteiger partial charge in [0.15, 0.2) is 0 Å². The quantitative estimate of drug-likeness (QED) is 0.787. The molecule has 3 heteroatoms. The van der Waals surface area contributed by atoms with Crippen molar-refractivity contribution in [3.8, 4) is 0 Å². The van der Waals surface area contributed by atoms with E-state index in [2.05, 4.69) is 5.32 Å². The first kappa shape index (κ1) is 13.0. The average Bonchev–Trinajstić information content (AvgIpc) is 2.31. The van der Waals surface area contributed by atoms with Gasteiger partial charge in [0, 0.05) is 11.9 Å². The summed E-state index contributed by atoms with van der Waals surface area (Å²) < 4.78 is 0. The van der Waals surface area contributed by atoms with Crippen molar-refractivity contribution in [2.75, 3.05) is 5.88 Å². The Morgan fingerprint density at radius 3 is 2.50 bits per heavy atom. The van der Waals surface area contributed by atoms with E-state index in [1.54, 1.807) is 0 Å². The van der Waals surface area contributed by atoms with E-state index in [-0.39, 0.29) is 17.9 Å². The second-order valence-corrected chi connectivity index (χ2v) is 4.24. The number of amides is 1. The third kappa shape index (κ3) is 3.53. The van der Waals surface area contributed by atoms with E-state index in [0.717, 1.165) is 12.0 Å². The number of nitrogens with one attached hydrogen (secondary N) is 1. The van der Waals surface area contributed by atoms with Gasteiger partial charge in [-0.05, 0) is 18.9 Å². The van der Waals surface area contributed by atoms with Crippen LogP contribution in [0.1, 0.15) is 31.7 Å². The zero-order valence-electron chi connectivity index (χ0n) is 9.74. The number of carbonyl (C=O) groups is 1. The summed E-state index contributed by atoms with van der Waals surface area (Å²) in [5.74, 6) is 0.422. The van der Waals surface area contributed by atoms with Gasteiger partial charge in [0.2, 0.25) is 5.91 Å². The summed E-state index contributed by atoms with van der Waals surface area (Å²) in [7, 11) is 0. The second kappa shape index (κ2) is 6.54. The van der Waals surface area contributed by atoms with Crippen LogP contribution in [-0.2, 0) is 4.79 Å². The standard InChI is InChI=1S/C13H18ClNO/c1-3-12(11-7-5-4-6-8-11)13(16)15-10(2)9-14/h4-8,10,12H,3,9H2,1-2H3,(H,15,16). The molecular weight excluding hydrogens is 222 g/mol. The molecule has 0 saturated heterocycles. The molecule has 1 N–H and O–H groups in total. The van der Waals surface area contributed by atoms with Crippen molar-refractivity contribution in [1.29, 1.82) is 0 Å². The van der Waals surface area contributed by atoms with E-state index in [1.165, 1.54) is 0 Å². The number of rotatable bonds is 5. The van der Waals surface area contributed by atoms with Crippen LogP contribution in [0.5, 0.6) is 0 Å². The number of carbonyl (C=O) groups excluding carboxylic acids is 1. The monoisotopic (exact) mass is 239 g/mol. The normalized spacial score (nSPS) is 14.2. The third-order valence-corrected chi connectivity index (χ3v) is 3.01. The van der Waals surface area contributed by atoms with E-state index in [4.69, 9.17) is 11.6 Å². The Morgan fingerprint density at radius 1 is 1.38 bits per heavy atom. The van der Waals surface area contributed by atoms with Crippen LogP contribution < -0.4 is 5.32 Å². The van der Waals surface area contributed by atoms with Crippen molar-refractivity contribution in [3.63, 3.8) is 0 Å². The van der Waals surface area contributed by atoms with Crippen LogP contribution in [-0.4, -0.2) is 17.8 Å². The molecule has 2 unspecified atom stereocenters. The largest absolute Gasteiger partial charge is 0.352 e. The smallest absolute Gasteiger partial charge is 0.227 e. The van der Waals surface area contributed by atoms with Gasteiger partial charge in [0.25, 0.3) is 0 Å². The molecule has 0 bridgehead atoms. The van der Waals surface area contributed by atoms with Crippen LogP contribution >= 0.6 is 11.6 Å². The highest BCUT2D eigenvalue weighted by Gasteiger charge is 2.19. The van der Waals surface area contributed by atoms with Gasteiger partial charge in [-0.2, -0.15) is 0 Å². The first-order valence-corrected chi connectivity index (χ1v) is 6.13. The molecule has 0 aliphatic carbocycles. The van der Waals surface area contributed by atoms with E-state index in [1.807, 2.05) is 44.2 Å². The molecule has 1 rings (SSSR count). The van der Waals surface area contributed by atoms with Crippen molar-refractivity contribution in [1.82, 2.24) is 5.32 Å². The zero-order valence-corrected chi connectivity index (χ0v) is 10.5. The molecule has 1 aromatic carbocycles. The Balaban J connectivity index is 2.71. The molecule has 88 valence electrons. The molecule has 0 heterocycles. The highest BCUT2D eigenvalue weighted by atomic mass is 35.5. The Morgan fingerprint density at radius 2 is 2.00 bits per heavy atom. The van der Waals surface area contributed by atoms with Gasteiger partial charge in [-0.1, -0.05) is 37.3 Å². The molecule has 1 aromatic rings. The SMILES string of the molecule is CCC(C(=O)NC(C)CCl)c1ccccc1. The van der Waals surface area contributed by atoms with Crippen molar-refractivity contribution in [2.24, 2.45) is 0 Å². The molecule has 1 amide bonds. The van der Waals surface area contributed by atoms with Crippen molar-refractivity contribution in [2.45, 2.75) is 32.2 Å². The lowest BCUT2D eigenvalue weighted by molar-refractivity contribution is -0.123. The molecule has 0 aliphatic heterocycles. The maximum Gasteiger partial charge on any atom is 0.227 e. The molecule has 2 nitrogen and oxygen atoms in total. The van der Waals surface area contributed by atoms with Crippen LogP contribution in [0.3, 0.4) is 0 Å². The molecule has 16 heavy (non-hydrogen) atoms. The van der Waals surface area contributed by atoms with Gasteiger partial charge in [0.1, 0.15) is 0 Å². The van der Waals surface area contributed by atoms with Gasteiger partial charge in [-0.15, -0.1) is 11.6 Å². The van der Waals surface area contributed by atoms with Crippen LogP contribution in [0.2, 0.25) is 0 Å². The summed E-state index contributed by atoms with van der Waals surface area (Å²) in [6.45, 7) is 3.92. The maximum atomic E-state index is 12.0. The molecule has 0 saturated carbocycles. The van der Waals surface area contributed by atoms with Crippen molar-refractivity contribution in [3.05, 3.63) is 35.9 Å². The minimum absolute atomic E-state index is 0.0203. The van der Waals surface area contributed by atoms with Crippen molar-refractivity contribution < 1.29 is 4.79 Å². The Hall–Kier alpha value is -1.02. The predicted molar refractivity (Wildman–Crippen MR) is 67.8 cm³/mol. The lowest BCUT2D eigenvalue weighted by Crippen LogP contribution is -2.37. The summed E-state index contributed by atoms with van der Waals surface area (Å²) in [5.41, 5.74) is 1.06. The Kier molecular flexibility index (Phi) is 5.33. The zero-order chi connectivity index (χ0) is 12.0. The van der Waals surface area contributed by atoms with Gasteiger partial charge >= 0.3 is 0 Å². The van der Waals surface area contributed by atoms with Gasteiger partial charge in [0.05, 0.1) is 5.92 Å². The molecule has 0 fully saturated rings. The number of hydrogen-bond acceptors (Lipinski definition) is 1. The third-order valence-electron chi connectivity index (χ3n) is 2.55. The number of halogens is 1. The molecule has 0 aromatic heterocycles.